The first-order valence-electron chi connectivity index (χ1n) is 12.8. The van der Waals surface area contributed by atoms with E-state index in [9.17, 15) is 9.59 Å². The summed E-state index contributed by atoms with van der Waals surface area (Å²) in [7, 11) is 0. The smallest absolute Gasteiger partial charge is 0.251 e. The fourth-order valence-electron chi connectivity index (χ4n) is 4.58. The first kappa shape index (κ1) is 25.0. The summed E-state index contributed by atoms with van der Waals surface area (Å²) in [5.41, 5.74) is 3.59. The van der Waals surface area contributed by atoms with Gasteiger partial charge < -0.3 is 25.0 Å². The van der Waals surface area contributed by atoms with E-state index in [2.05, 4.69) is 10.6 Å². The first-order valence-corrected chi connectivity index (χ1v) is 12.8. The molecular weight excluding hydrogens is 442 g/mol. The molecule has 188 valence electrons. The van der Waals surface area contributed by atoms with Crippen LogP contribution in [0.4, 0.5) is 5.69 Å². The number of rotatable bonds is 5. The second kappa shape index (κ2) is 12.1. The Morgan fingerprint density at radius 3 is 2.66 bits per heavy atom. The Morgan fingerprint density at radius 1 is 1.00 bits per heavy atom. The number of ether oxygens (including phenoxy) is 2. The number of carbonyl (C=O) groups is 2. The highest BCUT2D eigenvalue weighted by Crippen LogP contribution is 2.32. The van der Waals surface area contributed by atoms with Gasteiger partial charge in [0.15, 0.2) is 11.5 Å². The molecular formula is C28H37N3O4. The van der Waals surface area contributed by atoms with Gasteiger partial charge in [-0.3, -0.25) is 9.59 Å². The largest absolute Gasteiger partial charge is 0.454 e. The molecule has 0 aromatic heterocycles. The van der Waals surface area contributed by atoms with Crippen molar-refractivity contribution in [2.24, 2.45) is 5.92 Å². The molecule has 7 nitrogen and oxygen atoms in total. The van der Waals surface area contributed by atoms with Crippen LogP contribution in [-0.2, 0) is 17.8 Å². The minimum atomic E-state index is -0.110. The van der Waals surface area contributed by atoms with Crippen LogP contribution < -0.4 is 25.0 Å². The van der Waals surface area contributed by atoms with Crippen molar-refractivity contribution in [1.29, 1.82) is 0 Å². The molecule has 0 radical (unpaired) electrons. The molecule has 0 aliphatic carbocycles. The van der Waals surface area contributed by atoms with Gasteiger partial charge in [-0.15, -0.1) is 0 Å². The third kappa shape index (κ3) is 6.54. The van der Waals surface area contributed by atoms with Crippen molar-refractivity contribution in [3.8, 4) is 11.5 Å². The van der Waals surface area contributed by atoms with Gasteiger partial charge in [-0.25, -0.2) is 0 Å². The summed E-state index contributed by atoms with van der Waals surface area (Å²) in [6.07, 6.45) is 6.36. The molecule has 2 aliphatic rings. The number of benzene rings is 2. The van der Waals surface area contributed by atoms with Crippen LogP contribution in [0.15, 0.2) is 36.4 Å². The number of hydrogen-bond donors (Lipinski definition) is 2. The first-order chi connectivity index (χ1) is 17.0. The van der Waals surface area contributed by atoms with Gasteiger partial charge in [-0.05, 0) is 67.3 Å². The number of hydrogen-bond acceptors (Lipinski definition) is 5. The van der Waals surface area contributed by atoms with E-state index >= 15 is 0 Å². The van der Waals surface area contributed by atoms with Crippen molar-refractivity contribution in [3.05, 3.63) is 53.1 Å². The zero-order valence-corrected chi connectivity index (χ0v) is 20.9. The van der Waals surface area contributed by atoms with Gasteiger partial charge in [0.2, 0.25) is 12.7 Å². The number of nitrogens with one attached hydrogen (secondary N) is 2. The van der Waals surface area contributed by atoms with E-state index in [4.69, 9.17) is 9.47 Å². The lowest BCUT2D eigenvalue weighted by molar-refractivity contribution is -0.121. The van der Waals surface area contributed by atoms with Crippen LogP contribution in [0.1, 0.15) is 67.4 Å². The van der Waals surface area contributed by atoms with Crippen LogP contribution in [0, 0.1) is 5.92 Å². The standard InChI is InChI=1S/C28H37N3O4/c1-20(2)28(33)31-15-7-5-3-4-6-13-29-18-23-17-22(9-10-24(23)31)27(32)30-14-12-21-8-11-25-26(16-21)35-19-34-25/h8-11,16-17,20,29H,3-7,12-15,18-19H2,1-2H3,(H,30,32). The van der Waals surface area contributed by atoms with Crippen LogP contribution in [-0.4, -0.2) is 38.2 Å². The molecule has 0 bridgehead atoms. The van der Waals surface area contributed by atoms with Crippen molar-refractivity contribution in [2.45, 2.75) is 58.9 Å². The van der Waals surface area contributed by atoms with Crippen molar-refractivity contribution in [2.75, 3.05) is 31.3 Å². The van der Waals surface area contributed by atoms with Gasteiger partial charge in [0.1, 0.15) is 0 Å². The molecule has 2 amide bonds. The fourth-order valence-corrected chi connectivity index (χ4v) is 4.58. The average molecular weight is 480 g/mol. The van der Waals surface area contributed by atoms with Crippen LogP contribution in [0.3, 0.4) is 0 Å². The van der Waals surface area contributed by atoms with Gasteiger partial charge in [0.25, 0.3) is 5.91 Å². The van der Waals surface area contributed by atoms with Gasteiger partial charge in [-0.1, -0.05) is 39.2 Å². The van der Waals surface area contributed by atoms with E-state index in [-0.39, 0.29) is 24.5 Å². The quantitative estimate of drug-likeness (QED) is 0.663. The molecule has 2 heterocycles. The highest BCUT2D eigenvalue weighted by atomic mass is 16.7. The topological polar surface area (TPSA) is 79.9 Å². The van der Waals surface area contributed by atoms with E-state index in [1.165, 1.54) is 12.8 Å². The van der Waals surface area contributed by atoms with E-state index in [0.29, 0.717) is 31.6 Å². The molecule has 0 atom stereocenters. The zero-order chi connectivity index (χ0) is 24.6. The average Bonchev–Trinajstić information content (AvgIpc) is 3.32. The summed E-state index contributed by atoms with van der Waals surface area (Å²) >= 11 is 0. The lowest BCUT2D eigenvalue weighted by atomic mass is 10.0. The van der Waals surface area contributed by atoms with Crippen LogP contribution in [0.5, 0.6) is 11.5 Å². The number of anilines is 1. The van der Waals surface area contributed by atoms with Gasteiger partial charge in [0, 0.05) is 36.8 Å². The molecule has 4 rings (SSSR count). The molecule has 2 aromatic rings. The summed E-state index contributed by atoms with van der Waals surface area (Å²) in [6.45, 7) is 6.94. The molecule has 0 unspecified atom stereocenters. The van der Waals surface area contributed by atoms with Crippen molar-refractivity contribution in [3.63, 3.8) is 0 Å². The Balaban J connectivity index is 1.46. The van der Waals surface area contributed by atoms with Crippen molar-refractivity contribution in [1.82, 2.24) is 10.6 Å². The number of amides is 2. The van der Waals surface area contributed by atoms with E-state index in [1.807, 2.05) is 55.1 Å². The maximum Gasteiger partial charge on any atom is 0.251 e. The Hall–Kier alpha value is -3.06. The van der Waals surface area contributed by atoms with Crippen LogP contribution in [0.2, 0.25) is 0 Å². The highest BCUT2D eigenvalue weighted by Gasteiger charge is 2.22. The molecule has 0 spiro atoms. The predicted molar refractivity (Wildman–Crippen MR) is 137 cm³/mol. The van der Waals surface area contributed by atoms with Crippen molar-refractivity contribution < 1.29 is 19.1 Å². The van der Waals surface area contributed by atoms with Gasteiger partial charge in [0.05, 0.1) is 0 Å². The monoisotopic (exact) mass is 479 g/mol. The highest BCUT2D eigenvalue weighted by molar-refractivity contribution is 5.98. The Kier molecular flexibility index (Phi) is 8.64. The molecule has 0 saturated heterocycles. The van der Waals surface area contributed by atoms with E-state index in [0.717, 1.165) is 54.1 Å². The number of nitrogens with zero attached hydrogens (tertiary/aromatic N) is 1. The lowest BCUT2D eigenvalue weighted by Gasteiger charge is -2.28. The molecule has 7 heteroatoms. The summed E-state index contributed by atoms with van der Waals surface area (Å²) in [6, 6.07) is 11.6. The maximum atomic E-state index is 13.1. The second-order valence-electron chi connectivity index (χ2n) is 9.63. The predicted octanol–water partition coefficient (Wildman–Crippen LogP) is 4.43. The fraction of sp³-hybridized carbons (Fsp3) is 0.500. The lowest BCUT2D eigenvalue weighted by Crippen LogP contribution is -2.36. The zero-order valence-electron chi connectivity index (χ0n) is 20.9. The minimum absolute atomic E-state index is 0.0807. The van der Waals surface area contributed by atoms with E-state index < -0.39 is 0 Å². The Bertz CT molecular complexity index is 1040. The number of fused-ring (bicyclic) bond motifs is 2. The molecule has 35 heavy (non-hydrogen) atoms. The van der Waals surface area contributed by atoms with Crippen molar-refractivity contribution >= 4 is 17.5 Å². The molecule has 0 fully saturated rings. The summed E-state index contributed by atoms with van der Waals surface area (Å²) in [5, 5.41) is 6.54. The summed E-state index contributed by atoms with van der Waals surface area (Å²) in [4.78, 5) is 27.9. The third-order valence-electron chi connectivity index (χ3n) is 6.58. The molecule has 0 saturated carbocycles. The van der Waals surface area contributed by atoms with Crippen LogP contribution in [0.25, 0.3) is 0 Å². The van der Waals surface area contributed by atoms with Gasteiger partial charge >= 0.3 is 0 Å². The Morgan fingerprint density at radius 2 is 1.80 bits per heavy atom. The van der Waals surface area contributed by atoms with E-state index in [1.54, 1.807) is 0 Å². The Labute approximate surface area is 208 Å². The molecule has 2 aliphatic heterocycles. The second-order valence-corrected chi connectivity index (χ2v) is 9.63. The molecule has 2 aromatic carbocycles. The molecule has 2 N–H and O–H groups in total. The normalized spacial score (nSPS) is 16.3. The minimum Gasteiger partial charge on any atom is -0.454 e. The SMILES string of the molecule is CC(C)C(=O)N1CCCCCCCNCc2cc(C(=O)NCCc3ccc4c(c3)OCO4)ccc21. The summed E-state index contributed by atoms with van der Waals surface area (Å²) in [5.74, 6) is 1.45. The maximum absolute atomic E-state index is 13.1. The third-order valence-corrected chi connectivity index (χ3v) is 6.58. The van der Waals surface area contributed by atoms with Crippen LogP contribution >= 0.6 is 0 Å². The summed E-state index contributed by atoms with van der Waals surface area (Å²) < 4.78 is 10.8. The number of carbonyl (C=O) groups excluding carboxylic acids is 2. The van der Waals surface area contributed by atoms with Gasteiger partial charge in [-0.2, -0.15) is 0 Å².